The van der Waals surface area contributed by atoms with E-state index in [-0.39, 0.29) is 48.0 Å². The van der Waals surface area contributed by atoms with Gasteiger partial charge in [-0.3, -0.25) is 0 Å². The Morgan fingerprint density at radius 3 is 2.68 bits per heavy atom. The van der Waals surface area contributed by atoms with Crippen molar-refractivity contribution in [1.29, 1.82) is 0 Å². The molecule has 0 saturated carbocycles. The minimum absolute atomic E-state index is 0.0396. The second-order valence-corrected chi connectivity index (χ2v) is 4.23. The van der Waals surface area contributed by atoms with Gasteiger partial charge in [0, 0.05) is 0 Å². The van der Waals surface area contributed by atoms with Gasteiger partial charge >= 0.3 is 11.6 Å². The molecule has 7 heteroatoms. The van der Waals surface area contributed by atoms with E-state index in [0.29, 0.717) is 0 Å². The van der Waals surface area contributed by atoms with Crippen LogP contribution in [-0.4, -0.2) is 30.9 Å². The largest absolute Gasteiger partial charge is 0.504 e. The maximum Gasteiger partial charge on any atom is 0.383 e. The minimum Gasteiger partial charge on any atom is -0.504 e. The third kappa shape index (κ3) is 3.13. The number of hydrogen-bond donors (Lipinski definition) is 1. The van der Waals surface area contributed by atoms with Gasteiger partial charge in [-0.25, -0.2) is 9.59 Å². The summed E-state index contributed by atoms with van der Waals surface area (Å²) < 4.78 is 20.2. The van der Waals surface area contributed by atoms with E-state index in [1.54, 1.807) is 26.0 Å². The summed E-state index contributed by atoms with van der Waals surface area (Å²) in [5.41, 5.74) is -0.781. The molecule has 0 bridgehead atoms. The topological polar surface area (TPSA) is 95.2 Å². The average molecular weight is 308 g/mol. The Morgan fingerprint density at radius 1 is 1.23 bits per heavy atom. The zero-order valence-corrected chi connectivity index (χ0v) is 12.3. The molecule has 0 aliphatic heterocycles. The van der Waals surface area contributed by atoms with Crippen molar-refractivity contribution < 1.29 is 28.5 Å². The minimum atomic E-state index is -0.820. The van der Waals surface area contributed by atoms with Gasteiger partial charge in [-0.15, -0.1) is 0 Å². The van der Waals surface area contributed by atoms with Crippen molar-refractivity contribution in [1.82, 2.24) is 0 Å². The standard InChI is InChI=1S/C15H16O7/c1-3-19-11(16)8-21-10-7-5-6-9-12(17)14(20-4-2)15(18)22-13(9)10/h5-7,17H,3-4,8H2,1-2H3. The van der Waals surface area contributed by atoms with Gasteiger partial charge in [0.1, 0.15) is 0 Å². The van der Waals surface area contributed by atoms with Gasteiger partial charge in [-0.1, -0.05) is 6.07 Å². The van der Waals surface area contributed by atoms with Crippen molar-refractivity contribution in [3.63, 3.8) is 0 Å². The summed E-state index contributed by atoms with van der Waals surface area (Å²) in [4.78, 5) is 23.2. The molecule has 1 N–H and O–H groups in total. The van der Waals surface area contributed by atoms with E-state index in [1.807, 2.05) is 0 Å². The number of para-hydroxylation sites is 1. The second-order valence-electron chi connectivity index (χ2n) is 4.23. The van der Waals surface area contributed by atoms with Crippen LogP contribution >= 0.6 is 0 Å². The molecule has 0 fully saturated rings. The van der Waals surface area contributed by atoms with Crippen molar-refractivity contribution in [2.75, 3.05) is 19.8 Å². The van der Waals surface area contributed by atoms with Crippen LogP contribution in [0.15, 0.2) is 27.4 Å². The van der Waals surface area contributed by atoms with E-state index in [2.05, 4.69) is 0 Å². The Hall–Kier alpha value is -2.70. The lowest BCUT2D eigenvalue weighted by Gasteiger charge is -2.10. The van der Waals surface area contributed by atoms with E-state index in [9.17, 15) is 14.7 Å². The van der Waals surface area contributed by atoms with Gasteiger partial charge in [0.15, 0.2) is 23.7 Å². The highest BCUT2D eigenvalue weighted by Gasteiger charge is 2.18. The van der Waals surface area contributed by atoms with Crippen LogP contribution < -0.4 is 15.1 Å². The first kappa shape index (κ1) is 15.7. The summed E-state index contributed by atoms with van der Waals surface area (Å²) in [5, 5.41) is 10.4. The zero-order chi connectivity index (χ0) is 16.1. The Labute approximate surface area is 126 Å². The second kappa shape index (κ2) is 6.84. The number of benzene rings is 1. The predicted octanol–water partition coefficient (Wildman–Crippen LogP) is 1.84. The number of esters is 1. The van der Waals surface area contributed by atoms with Crippen LogP contribution in [0.1, 0.15) is 13.8 Å². The molecule has 0 spiro atoms. The molecule has 2 rings (SSSR count). The van der Waals surface area contributed by atoms with Crippen molar-refractivity contribution >= 4 is 16.9 Å². The molecule has 1 heterocycles. The highest BCUT2D eigenvalue weighted by molar-refractivity contribution is 5.89. The molecule has 1 aromatic heterocycles. The number of ether oxygens (including phenoxy) is 3. The molecule has 0 atom stereocenters. The first-order chi connectivity index (χ1) is 10.6. The lowest BCUT2D eigenvalue weighted by atomic mass is 10.2. The number of rotatable bonds is 6. The number of carbonyl (C=O) groups excluding carboxylic acids is 1. The van der Waals surface area contributed by atoms with Crippen LogP contribution in [0.25, 0.3) is 11.0 Å². The average Bonchev–Trinajstić information content (AvgIpc) is 2.50. The third-order valence-corrected chi connectivity index (χ3v) is 2.77. The number of carbonyl (C=O) groups is 1. The molecule has 0 radical (unpaired) electrons. The van der Waals surface area contributed by atoms with E-state index in [1.165, 1.54) is 6.07 Å². The molecule has 7 nitrogen and oxygen atoms in total. The SMILES string of the molecule is CCOC(=O)COc1cccc2c(O)c(OCC)c(=O)oc12. The molecule has 0 aliphatic carbocycles. The highest BCUT2D eigenvalue weighted by atomic mass is 16.6. The molecule has 1 aromatic carbocycles. The first-order valence-electron chi connectivity index (χ1n) is 6.78. The number of hydrogen-bond acceptors (Lipinski definition) is 7. The normalized spacial score (nSPS) is 10.5. The zero-order valence-electron chi connectivity index (χ0n) is 12.3. The summed E-state index contributed by atoms with van der Waals surface area (Å²) in [7, 11) is 0. The van der Waals surface area contributed by atoms with Gasteiger partial charge in [-0.05, 0) is 26.0 Å². The fourth-order valence-corrected chi connectivity index (χ4v) is 1.89. The van der Waals surface area contributed by atoms with Crippen molar-refractivity contribution in [2.24, 2.45) is 0 Å². The molecule has 0 amide bonds. The van der Waals surface area contributed by atoms with Crippen LogP contribution in [0.4, 0.5) is 0 Å². The van der Waals surface area contributed by atoms with Crippen molar-refractivity contribution in [2.45, 2.75) is 13.8 Å². The first-order valence-corrected chi connectivity index (χ1v) is 6.78. The molecule has 0 unspecified atom stereocenters. The third-order valence-electron chi connectivity index (χ3n) is 2.77. The smallest absolute Gasteiger partial charge is 0.383 e. The van der Waals surface area contributed by atoms with Gasteiger partial charge in [0.25, 0.3) is 0 Å². The molecule has 0 aliphatic rings. The van der Waals surface area contributed by atoms with Crippen LogP contribution in [0.3, 0.4) is 0 Å². The predicted molar refractivity (Wildman–Crippen MR) is 77.4 cm³/mol. The van der Waals surface area contributed by atoms with E-state index in [4.69, 9.17) is 18.6 Å². The number of aromatic hydroxyl groups is 1. The van der Waals surface area contributed by atoms with Crippen molar-refractivity contribution in [3.8, 4) is 17.2 Å². The summed E-state index contributed by atoms with van der Waals surface area (Å²) in [6.07, 6.45) is 0. The van der Waals surface area contributed by atoms with Crippen molar-refractivity contribution in [3.05, 3.63) is 28.6 Å². The lowest BCUT2D eigenvalue weighted by Crippen LogP contribution is -2.15. The van der Waals surface area contributed by atoms with Gasteiger partial charge in [0.2, 0.25) is 5.75 Å². The fourth-order valence-electron chi connectivity index (χ4n) is 1.89. The van der Waals surface area contributed by atoms with E-state index < -0.39 is 11.6 Å². The van der Waals surface area contributed by atoms with Gasteiger partial charge in [0.05, 0.1) is 18.6 Å². The lowest BCUT2D eigenvalue weighted by molar-refractivity contribution is -0.145. The van der Waals surface area contributed by atoms with Gasteiger partial charge < -0.3 is 23.7 Å². The van der Waals surface area contributed by atoms with Crippen LogP contribution in [-0.2, 0) is 9.53 Å². The Kier molecular flexibility index (Phi) is 4.88. The molecular formula is C15H16O7. The summed E-state index contributed by atoms with van der Waals surface area (Å²) in [6.45, 7) is 3.49. The maximum absolute atomic E-state index is 11.8. The Bertz CT molecular complexity index is 732. The summed E-state index contributed by atoms with van der Waals surface area (Å²) in [6, 6.07) is 4.66. The molecule has 2 aromatic rings. The van der Waals surface area contributed by atoms with E-state index in [0.717, 1.165) is 0 Å². The molecule has 22 heavy (non-hydrogen) atoms. The molecule has 118 valence electrons. The van der Waals surface area contributed by atoms with Crippen LogP contribution in [0, 0.1) is 0 Å². The summed E-state index contributed by atoms with van der Waals surface area (Å²) in [5.74, 6) is -0.967. The number of fused-ring (bicyclic) bond motifs is 1. The molecular weight excluding hydrogens is 292 g/mol. The van der Waals surface area contributed by atoms with Crippen LogP contribution in [0.5, 0.6) is 17.2 Å². The fraction of sp³-hybridized carbons (Fsp3) is 0.333. The highest BCUT2D eigenvalue weighted by Crippen LogP contribution is 2.35. The Balaban J connectivity index is 2.41. The monoisotopic (exact) mass is 308 g/mol. The van der Waals surface area contributed by atoms with Crippen LogP contribution in [0.2, 0.25) is 0 Å². The van der Waals surface area contributed by atoms with E-state index >= 15 is 0 Å². The molecule has 0 saturated heterocycles. The maximum atomic E-state index is 11.8. The summed E-state index contributed by atoms with van der Waals surface area (Å²) >= 11 is 0. The Morgan fingerprint density at radius 2 is 2.00 bits per heavy atom. The van der Waals surface area contributed by atoms with Gasteiger partial charge in [-0.2, -0.15) is 0 Å². The quantitative estimate of drug-likeness (QED) is 0.642.